The van der Waals surface area contributed by atoms with Crippen LogP contribution in [0.3, 0.4) is 0 Å². The summed E-state index contributed by atoms with van der Waals surface area (Å²) in [5.74, 6) is -0.197. The van der Waals surface area contributed by atoms with Gasteiger partial charge in [0.1, 0.15) is 5.82 Å². The highest BCUT2D eigenvalue weighted by molar-refractivity contribution is 5.70. The van der Waals surface area contributed by atoms with Gasteiger partial charge in [-0.25, -0.2) is 14.2 Å². The number of benzene rings is 1. The highest BCUT2D eigenvalue weighted by atomic mass is 19.1. The zero-order chi connectivity index (χ0) is 12.4. The molecular formula is C12H15FN2O2. The molecule has 0 saturated heterocycles. The summed E-state index contributed by atoms with van der Waals surface area (Å²) in [5.41, 5.74) is 5.64. The van der Waals surface area contributed by atoms with Crippen LogP contribution in [0.5, 0.6) is 0 Å². The van der Waals surface area contributed by atoms with Crippen molar-refractivity contribution in [3.05, 3.63) is 35.6 Å². The van der Waals surface area contributed by atoms with Gasteiger partial charge < -0.3 is 5.73 Å². The van der Waals surface area contributed by atoms with Gasteiger partial charge in [0.15, 0.2) is 0 Å². The Hall–Kier alpha value is -1.62. The second kappa shape index (κ2) is 4.71. The van der Waals surface area contributed by atoms with Crippen molar-refractivity contribution < 1.29 is 14.4 Å². The molecule has 2 rings (SSSR count). The van der Waals surface area contributed by atoms with Crippen molar-refractivity contribution in [3.63, 3.8) is 0 Å². The van der Waals surface area contributed by atoms with Gasteiger partial charge in [0.2, 0.25) is 0 Å². The summed E-state index contributed by atoms with van der Waals surface area (Å²) in [4.78, 5) is 10.8. The number of primary amides is 1. The number of carbonyl (C=O) groups excluding carboxylic acids is 1. The van der Waals surface area contributed by atoms with Crippen LogP contribution >= 0.6 is 0 Å². The smallest absolute Gasteiger partial charge is 0.338 e. The fraction of sp³-hybridized carbons (Fsp3) is 0.417. The van der Waals surface area contributed by atoms with Gasteiger partial charge in [0.25, 0.3) is 0 Å². The first-order valence-corrected chi connectivity index (χ1v) is 5.61. The largest absolute Gasteiger partial charge is 0.350 e. The molecule has 1 saturated carbocycles. The lowest BCUT2D eigenvalue weighted by Gasteiger charge is -2.20. The van der Waals surface area contributed by atoms with Crippen molar-refractivity contribution in [2.75, 3.05) is 0 Å². The molecule has 5 heteroatoms. The highest BCUT2D eigenvalue weighted by Gasteiger charge is 2.32. The van der Waals surface area contributed by atoms with Crippen molar-refractivity contribution >= 4 is 6.03 Å². The molecule has 0 aliphatic heterocycles. The molecule has 0 spiro atoms. The van der Waals surface area contributed by atoms with Gasteiger partial charge >= 0.3 is 6.03 Å². The molecule has 2 amide bonds. The van der Waals surface area contributed by atoms with Crippen molar-refractivity contribution in [1.82, 2.24) is 5.06 Å². The van der Waals surface area contributed by atoms with Gasteiger partial charge in [-0.05, 0) is 36.8 Å². The first-order valence-electron chi connectivity index (χ1n) is 5.61. The fourth-order valence-corrected chi connectivity index (χ4v) is 2.45. The second-order valence-corrected chi connectivity index (χ2v) is 4.37. The van der Waals surface area contributed by atoms with Crippen LogP contribution in [0.1, 0.15) is 30.7 Å². The average Bonchev–Trinajstić information content (AvgIpc) is 2.77. The molecule has 2 atom stereocenters. The Morgan fingerprint density at radius 1 is 1.41 bits per heavy atom. The molecule has 1 aliphatic rings. The van der Waals surface area contributed by atoms with E-state index in [1.165, 1.54) is 6.07 Å². The first-order chi connectivity index (χ1) is 8.09. The van der Waals surface area contributed by atoms with Gasteiger partial charge in [0, 0.05) is 0 Å². The van der Waals surface area contributed by atoms with Gasteiger partial charge in [0.05, 0.1) is 6.04 Å². The summed E-state index contributed by atoms with van der Waals surface area (Å²) in [6.45, 7) is 0. The second-order valence-electron chi connectivity index (χ2n) is 4.37. The zero-order valence-electron chi connectivity index (χ0n) is 9.34. The molecule has 0 unspecified atom stereocenters. The van der Waals surface area contributed by atoms with E-state index in [4.69, 9.17) is 5.73 Å². The Morgan fingerprint density at radius 2 is 2.12 bits per heavy atom. The van der Waals surface area contributed by atoms with Crippen LogP contribution in [-0.2, 0) is 0 Å². The van der Waals surface area contributed by atoms with Gasteiger partial charge in [-0.15, -0.1) is 0 Å². The highest BCUT2D eigenvalue weighted by Crippen LogP contribution is 2.37. The molecule has 1 fully saturated rings. The van der Waals surface area contributed by atoms with E-state index in [-0.39, 0.29) is 17.8 Å². The maximum atomic E-state index is 13.6. The molecule has 1 aromatic rings. The number of nitrogens with two attached hydrogens (primary N) is 1. The number of amides is 2. The van der Waals surface area contributed by atoms with E-state index < -0.39 is 6.03 Å². The standard InChI is InChI=1S/C12H15FN2O2/c13-11-4-2-1-3-10(11)8-5-6-9(7-8)15(17)12(14)16/h1-4,8-9,17H,5-7H2,(H2,14,16)/t8-,9+/m1/s1. The van der Waals surface area contributed by atoms with E-state index in [1.807, 2.05) is 0 Å². The summed E-state index contributed by atoms with van der Waals surface area (Å²) in [6, 6.07) is 5.44. The molecular weight excluding hydrogens is 223 g/mol. The van der Waals surface area contributed by atoms with E-state index in [0.29, 0.717) is 23.5 Å². The topological polar surface area (TPSA) is 66.6 Å². The van der Waals surface area contributed by atoms with Crippen LogP contribution in [0.25, 0.3) is 0 Å². The van der Waals surface area contributed by atoms with Crippen LogP contribution in [0, 0.1) is 5.82 Å². The Bertz CT molecular complexity index is 425. The Balaban J connectivity index is 2.08. The minimum atomic E-state index is -0.857. The van der Waals surface area contributed by atoms with Crippen LogP contribution in [0.15, 0.2) is 24.3 Å². The summed E-state index contributed by atoms with van der Waals surface area (Å²) in [7, 11) is 0. The van der Waals surface area contributed by atoms with Gasteiger partial charge in [-0.2, -0.15) is 0 Å². The number of nitrogens with zero attached hydrogens (tertiary/aromatic N) is 1. The maximum absolute atomic E-state index is 13.6. The molecule has 3 N–H and O–H groups in total. The van der Waals surface area contributed by atoms with E-state index >= 15 is 0 Å². The fourth-order valence-electron chi connectivity index (χ4n) is 2.45. The molecule has 0 bridgehead atoms. The number of halogens is 1. The minimum absolute atomic E-state index is 0.0372. The number of rotatable bonds is 2. The van der Waals surface area contributed by atoms with Crippen LogP contribution in [0.2, 0.25) is 0 Å². The number of hydroxylamine groups is 2. The zero-order valence-corrected chi connectivity index (χ0v) is 9.34. The van der Waals surface area contributed by atoms with E-state index in [0.717, 1.165) is 6.42 Å². The molecule has 0 heterocycles. The molecule has 17 heavy (non-hydrogen) atoms. The van der Waals surface area contributed by atoms with Gasteiger partial charge in [-0.3, -0.25) is 5.21 Å². The predicted molar refractivity (Wildman–Crippen MR) is 60.0 cm³/mol. The third-order valence-corrected chi connectivity index (χ3v) is 3.32. The molecule has 92 valence electrons. The van der Waals surface area contributed by atoms with Crippen molar-refractivity contribution in [1.29, 1.82) is 0 Å². The lowest BCUT2D eigenvalue weighted by molar-refractivity contribution is -0.0730. The molecule has 4 nitrogen and oxygen atoms in total. The molecule has 1 aliphatic carbocycles. The number of hydrogen-bond acceptors (Lipinski definition) is 2. The van der Waals surface area contributed by atoms with Crippen molar-refractivity contribution in [3.8, 4) is 0 Å². The molecule has 0 radical (unpaired) electrons. The summed E-state index contributed by atoms with van der Waals surface area (Å²) >= 11 is 0. The summed E-state index contributed by atoms with van der Waals surface area (Å²) in [6.07, 6.45) is 1.93. The molecule has 0 aromatic heterocycles. The number of hydrogen-bond donors (Lipinski definition) is 2. The predicted octanol–water partition coefficient (Wildman–Crippen LogP) is 2.23. The SMILES string of the molecule is NC(=O)N(O)[C@H]1CC[C@@H](c2ccccc2F)C1. The first kappa shape index (κ1) is 11.9. The number of urea groups is 1. The van der Waals surface area contributed by atoms with Crippen LogP contribution < -0.4 is 5.73 Å². The van der Waals surface area contributed by atoms with E-state index in [9.17, 15) is 14.4 Å². The van der Waals surface area contributed by atoms with Crippen LogP contribution in [-0.4, -0.2) is 22.3 Å². The minimum Gasteiger partial charge on any atom is -0.350 e. The number of carbonyl (C=O) groups is 1. The van der Waals surface area contributed by atoms with Gasteiger partial charge in [-0.1, -0.05) is 18.2 Å². The summed E-state index contributed by atoms with van der Waals surface area (Å²) in [5, 5.41) is 9.98. The normalized spacial score (nSPS) is 23.6. The van der Waals surface area contributed by atoms with E-state index in [2.05, 4.69) is 0 Å². The average molecular weight is 238 g/mol. The van der Waals surface area contributed by atoms with Crippen molar-refractivity contribution in [2.24, 2.45) is 5.73 Å². The Labute approximate surface area is 98.8 Å². The Morgan fingerprint density at radius 3 is 2.76 bits per heavy atom. The summed E-state index contributed by atoms with van der Waals surface area (Å²) < 4.78 is 13.6. The third-order valence-electron chi connectivity index (χ3n) is 3.32. The van der Waals surface area contributed by atoms with Crippen molar-refractivity contribution in [2.45, 2.75) is 31.2 Å². The van der Waals surface area contributed by atoms with E-state index in [1.54, 1.807) is 18.2 Å². The Kier molecular flexibility index (Phi) is 3.28. The lowest BCUT2D eigenvalue weighted by Crippen LogP contribution is -2.39. The maximum Gasteiger partial charge on any atom is 0.338 e. The molecule has 1 aromatic carbocycles. The van der Waals surface area contributed by atoms with Crippen LogP contribution in [0.4, 0.5) is 9.18 Å². The third kappa shape index (κ3) is 2.39. The lowest BCUT2D eigenvalue weighted by atomic mass is 9.97. The quantitative estimate of drug-likeness (QED) is 0.613. The monoisotopic (exact) mass is 238 g/mol.